The first-order chi connectivity index (χ1) is 7.84. The molecule has 0 aromatic heterocycles. The maximum absolute atomic E-state index is 11.7. The number of hydrogen-bond donors (Lipinski definition) is 1. The highest BCUT2D eigenvalue weighted by molar-refractivity contribution is 7.99. The highest BCUT2D eigenvalue weighted by Gasteiger charge is 2.13. The van der Waals surface area contributed by atoms with E-state index in [1.807, 2.05) is 42.1 Å². The van der Waals surface area contributed by atoms with Crippen LogP contribution in [0, 0.1) is 0 Å². The summed E-state index contributed by atoms with van der Waals surface area (Å²) in [5, 5.41) is 2.90. The third kappa shape index (κ3) is 3.54. The molecule has 1 heterocycles. The van der Waals surface area contributed by atoms with Crippen LogP contribution in [0.4, 0.5) is 5.69 Å². The van der Waals surface area contributed by atoms with Gasteiger partial charge in [0, 0.05) is 30.3 Å². The quantitative estimate of drug-likeness (QED) is 0.866. The Hall–Kier alpha value is -1.00. The third-order valence-corrected chi connectivity index (χ3v) is 3.47. The standard InChI is InChI=1S/C12H16N2OS/c15-12(10-14-6-8-16-9-7-14)13-11-4-2-1-3-5-11/h1-5H,6-10H2,(H,13,15). The van der Waals surface area contributed by atoms with Crippen LogP contribution in [0.3, 0.4) is 0 Å². The topological polar surface area (TPSA) is 32.3 Å². The summed E-state index contributed by atoms with van der Waals surface area (Å²) >= 11 is 1.96. The molecular formula is C12H16N2OS. The number of nitrogens with one attached hydrogen (secondary N) is 1. The van der Waals surface area contributed by atoms with Crippen molar-refractivity contribution in [3.05, 3.63) is 30.3 Å². The summed E-state index contributed by atoms with van der Waals surface area (Å²) < 4.78 is 0. The minimum atomic E-state index is 0.0816. The van der Waals surface area contributed by atoms with Crippen molar-refractivity contribution in [2.45, 2.75) is 0 Å². The third-order valence-electron chi connectivity index (χ3n) is 2.53. The first-order valence-electron chi connectivity index (χ1n) is 5.49. The van der Waals surface area contributed by atoms with Gasteiger partial charge in [0.15, 0.2) is 0 Å². The Morgan fingerprint density at radius 1 is 1.25 bits per heavy atom. The molecule has 1 saturated heterocycles. The van der Waals surface area contributed by atoms with E-state index in [1.165, 1.54) is 0 Å². The van der Waals surface area contributed by atoms with Crippen LogP contribution in [0.25, 0.3) is 0 Å². The zero-order valence-corrected chi connectivity index (χ0v) is 10.0. The van der Waals surface area contributed by atoms with Crippen molar-refractivity contribution in [2.75, 3.05) is 36.5 Å². The maximum Gasteiger partial charge on any atom is 0.238 e. The fraction of sp³-hybridized carbons (Fsp3) is 0.417. The van der Waals surface area contributed by atoms with Crippen LogP contribution in [-0.2, 0) is 4.79 Å². The van der Waals surface area contributed by atoms with Crippen LogP contribution < -0.4 is 5.32 Å². The molecule has 1 N–H and O–H groups in total. The number of amides is 1. The molecule has 0 bridgehead atoms. The Labute approximate surface area is 100 Å². The predicted molar refractivity (Wildman–Crippen MR) is 68.8 cm³/mol. The van der Waals surface area contributed by atoms with Crippen LogP contribution in [0.15, 0.2) is 30.3 Å². The van der Waals surface area contributed by atoms with E-state index in [0.717, 1.165) is 30.3 Å². The molecule has 16 heavy (non-hydrogen) atoms. The first kappa shape index (κ1) is 11.5. The van der Waals surface area contributed by atoms with Gasteiger partial charge in [-0.3, -0.25) is 9.69 Å². The Balaban J connectivity index is 1.80. The summed E-state index contributed by atoms with van der Waals surface area (Å²) in [4.78, 5) is 13.9. The summed E-state index contributed by atoms with van der Waals surface area (Å²) in [6.07, 6.45) is 0. The largest absolute Gasteiger partial charge is 0.325 e. The van der Waals surface area contributed by atoms with E-state index >= 15 is 0 Å². The van der Waals surface area contributed by atoms with Crippen molar-refractivity contribution >= 4 is 23.4 Å². The predicted octanol–water partition coefficient (Wildman–Crippen LogP) is 1.67. The van der Waals surface area contributed by atoms with Gasteiger partial charge in [0.2, 0.25) is 5.91 Å². The number of benzene rings is 1. The van der Waals surface area contributed by atoms with Crippen molar-refractivity contribution in [3.63, 3.8) is 0 Å². The van der Waals surface area contributed by atoms with Crippen molar-refractivity contribution in [2.24, 2.45) is 0 Å². The number of hydrogen-bond acceptors (Lipinski definition) is 3. The van der Waals surface area contributed by atoms with Crippen LogP contribution in [0.2, 0.25) is 0 Å². The molecule has 1 aromatic rings. The summed E-state index contributed by atoms with van der Waals surface area (Å²) in [7, 11) is 0. The van der Waals surface area contributed by atoms with E-state index in [2.05, 4.69) is 10.2 Å². The number of thioether (sulfide) groups is 1. The average molecular weight is 236 g/mol. The molecule has 1 amide bonds. The van der Waals surface area contributed by atoms with Crippen molar-refractivity contribution in [1.29, 1.82) is 0 Å². The lowest BCUT2D eigenvalue weighted by molar-refractivity contribution is -0.117. The Bertz CT molecular complexity index is 336. The maximum atomic E-state index is 11.7. The number of nitrogens with zero attached hydrogens (tertiary/aromatic N) is 1. The van der Waals surface area contributed by atoms with Crippen LogP contribution in [-0.4, -0.2) is 41.9 Å². The molecule has 0 aliphatic carbocycles. The molecule has 0 saturated carbocycles. The van der Waals surface area contributed by atoms with E-state index < -0.39 is 0 Å². The SMILES string of the molecule is O=C(CN1CCSCC1)Nc1ccccc1. The molecule has 0 unspecified atom stereocenters. The lowest BCUT2D eigenvalue weighted by atomic mass is 10.3. The number of para-hydroxylation sites is 1. The molecule has 0 atom stereocenters. The molecule has 0 spiro atoms. The number of carbonyl (C=O) groups excluding carboxylic acids is 1. The minimum Gasteiger partial charge on any atom is -0.325 e. The second kappa shape index (κ2) is 5.92. The smallest absolute Gasteiger partial charge is 0.238 e. The monoisotopic (exact) mass is 236 g/mol. The number of carbonyl (C=O) groups is 1. The molecule has 86 valence electrons. The number of anilines is 1. The summed E-state index contributed by atoms with van der Waals surface area (Å²) in [5.41, 5.74) is 0.874. The molecule has 0 radical (unpaired) electrons. The first-order valence-corrected chi connectivity index (χ1v) is 6.65. The second-order valence-corrected chi connectivity index (χ2v) is 5.03. The molecule has 1 aliphatic heterocycles. The van der Waals surface area contributed by atoms with E-state index in [1.54, 1.807) is 0 Å². The number of rotatable bonds is 3. The van der Waals surface area contributed by atoms with E-state index in [9.17, 15) is 4.79 Å². The van der Waals surface area contributed by atoms with Gasteiger partial charge in [-0.1, -0.05) is 18.2 Å². The van der Waals surface area contributed by atoms with Gasteiger partial charge in [-0.2, -0.15) is 11.8 Å². The molecule has 4 heteroatoms. The van der Waals surface area contributed by atoms with Crippen molar-refractivity contribution in [1.82, 2.24) is 4.90 Å². The fourth-order valence-corrected chi connectivity index (χ4v) is 2.66. The normalized spacial score (nSPS) is 17.0. The van der Waals surface area contributed by atoms with Gasteiger partial charge in [0.05, 0.1) is 6.54 Å². The summed E-state index contributed by atoms with van der Waals surface area (Å²) in [5.74, 6) is 2.36. The molecule has 1 aromatic carbocycles. The van der Waals surface area contributed by atoms with Crippen LogP contribution in [0.1, 0.15) is 0 Å². The fourth-order valence-electron chi connectivity index (χ4n) is 1.68. The lowest BCUT2D eigenvalue weighted by Crippen LogP contribution is -2.38. The Kier molecular flexibility index (Phi) is 4.25. The van der Waals surface area contributed by atoms with Crippen LogP contribution >= 0.6 is 11.8 Å². The molecule has 2 rings (SSSR count). The van der Waals surface area contributed by atoms with Gasteiger partial charge < -0.3 is 5.32 Å². The van der Waals surface area contributed by atoms with Gasteiger partial charge in [0.1, 0.15) is 0 Å². The zero-order valence-electron chi connectivity index (χ0n) is 9.19. The summed E-state index contributed by atoms with van der Waals surface area (Å²) in [6, 6.07) is 9.60. The highest BCUT2D eigenvalue weighted by atomic mass is 32.2. The Morgan fingerprint density at radius 3 is 2.62 bits per heavy atom. The molecule has 1 fully saturated rings. The Morgan fingerprint density at radius 2 is 1.94 bits per heavy atom. The van der Waals surface area contributed by atoms with Gasteiger partial charge in [0.25, 0.3) is 0 Å². The molecular weight excluding hydrogens is 220 g/mol. The second-order valence-electron chi connectivity index (χ2n) is 3.80. The van der Waals surface area contributed by atoms with E-state index in [4.69, 9.17) is 0 Å². The molecule has 1 aliphatic rings. The average Bonchev–Trinajstić information content (AvgIpc) is 2.31. The highest BCUT2D eigenvalue weighted by Crippen LogP contribution is 2.09. The van der Waals surface area contributed by atoms with Crippen LogP contribution in [0.5, 0.6) is 0 Å². The zero-order chi connectivity index (χ0) is 11.2. The van der Waals surface area contributed by atoms with Crippen molar-refractivity contribution < 1.29 is 4.79 Å². The van der Waals surface area contributed by atoms with Gasteiger partial charge in [-0.05, 0) is 12.1 Å². The summed E-state index contributed by atoms with van der Waals surface area (Å²) in [6.45, 7) is 2.55. The molecule has 3 nitrogen and oxygen atoms in total. The van der Waals surface area contributed by atoms with E-state index in [-0.39, 0.29) is 5.91 Å². The van der Waals surface area contributed by atoms with Gasteiger partial charge >= 0.3 is 0 Å². The minimum absolute atomic E-state index is 0.0816. The van der Waals surface area contributed by atoms with Gasteiger partial charge in [-0.25, -0.2) is 0 Å². The van der Waals surface area contributed by atoms with E-state index in [0.29, 0.717) is 6.54 Å². The lowest BCUT2D eigenvalue weighted by Gasteiger charge is -2.25. The van der Waals surface area contributed by atoms with Gasteiger partial charge in [-0.15, -0.1) is 0 Å². The van der Waals surface area contributed by atoms with Crippen molar-refractivity contribution in [3.8, 4) is 0 Å².